The lowest BCUT2D eigenvalue weighted by Crippen LogP contribution is -2.21. The number of fused-ring (bicyclic) bond motifs is 1. The number of unbranched alkanes of at least 4 members (excludes halogenated alkanes) is 1. The molecular weight excluding hydrogens is 634 g/mol. The molecule has 1 atom stereocenters. The molecule has 11 heteroatoms. The van der Waals surface area contributed by atoms with Crippen LogP contribution < -0.4 is 29.4 Å². The summed E-state index contributed by atoms with van der Waals surface area (Å²) < 4.78 is 41.8. The highest BCUT2D eigenvalue weighted by atomic mass is 35.5. The van der Waals surface area contributed by atoms with E-state index >= 15 is 0 Å². The number of esters is 1. The van der Waals surface area contributed by atoms with E-state index in [1.807, 2.05) is 6.92 Å². The molecule has 1 aliphatic rings. The number of carbonyl (C=O) groups is 1. The van der Waals surface area contributed by atoms with Crippen LogP contribution >= 0.6 is 23.2 Å². The second-order valence-electron chi connectivity index (χ2n) is 10.3. The van der Waals surface area contributed by atoms with E-state index in [0.717, 1.165) is 18.4 Å². The summed E-state index contributed by atoms with van der Waals surface area (Å²) in [4.78, 5) is 13.0. The highest BCUT2D eigenvalue weighted by molar-refractivity contribution is 6.37. The Hall–Kier alpha value is -4.91. The number of benzene rings is 4. The first-order valence-electron chi connectivity index (χ1n) is 14.3. The summed E-state index contributed by atoms with van der Waals surface area (Å²) in [6.07, 6.45) is 1.78. The lowest BCUT2D eigenvalue weighted by atomic mass is 9.83. The van der Waals surface area contributed by atoms with Gasteiger partial charge in [-0.1, -0.05) is 60.8 Å². The van der Waals surface area contributed by atoms with Gasteiger partial charge in [-0.2, -0.15) is 5.26 Å². The Balaban J connectivity index is 1.38. The van der Waals surface area contributed by atoms with E-state index in [2.05, 4.69) is 6.07 Å². The molecule has 0 radical (unpaired) electrons. The molecule has 0 bridgehead atoms. The average Bonchev–Trinajstić information content (AvgIpc) is 3.05. The van der Waals surface area contributed by atoms with E-state index in [1.165, 1.54) is 37.4 Å². The molecule has 5 rings (SSSR count). The minimum atomic E-state index is -0.696. The molecular formula is C35H29Cl2FN2O6. The van der Waals surface area contributed by atoms with Crippen LogP contribution in [0.25, 0.3) is 0 Å². The van der Waals surface area contributed by atoms with Gasteiger partial charge in [0, 0.05) is 11.6 Å². The fourth-order valence-corrected chi connectivity index (χ4v) is 5.46. The highest BCUT2D eigenvalue weighted by Gasteiger charge is 2.32. The molecule has 4 aromatic carbocycles. The minimum absolute atomic E-state index is 0.0868. The van der Waals surface area contributed by atoms with Gasteiger partial charge < -0.3 is 29.4 Å². The van der Waals surface area contributed by atoms with Crippen molar-refractivity contribution in [2.75, 3.05) is 13.7 Å². The Kier molecular flexibility index (Phi) is 10.2. The summed E-state index contributed by atoms with van der Waals surface area (Å²) in [5, 5.41) is 10.4. The van der Waals surface area contributed by atoms with E-state index in [0.29, 0.717) is 40.7 Å². The maximum Gasteiger partial charge on any atom is 0.343 e. The van der Waals surface area contributed by atoms with Gasteiger partial charge in [-0.05, 0) is 60.0 Å². The molecule has 0 saturated heterocycles. The van der Waals surface area contributed by atoms with E-state index in [9.17, 15) is 14.4 Å². The molecule has 0 amide bonds. The first-order chi connectivity index (χ1) is 22.2. The fourth-order valence-electron chi connectivity index (χ4n) is 4.87. The minimum Gasteiger partial charge on any atom is -0.493 e. The van der Waals surface area contributed by atoms with Crippen molar-refractivity contribution in [2.45, 2.75) is 32.3 Å². The lowest BCUT2D eigenvalue weighted by Gasteiger charge is -2.27. The molecule has 1 heterocycles. The molecule has 2 N–H and O–H groups in total. The van der Waals surface area contributed by atoms with Crippen molar-refractivity contribution in [1.82, 2.24) is 0 Å². The number of carbonyl (C=O) groups excluding carboxylic acids is 1. The number of hydrogen-bond donors (Lipinski definition) is 1. The quantitative estimate of drug-likeness (QED) is 0.0969. The zero-order chi connectivity index (χ0) is 32.8. The maximum atomic E-state index is 13.3. The van der Waals surface area contributed by atoms with Gasteiger partial charge >= 0.3 is 5.97 Å². The number of ether oxygens (including phenoxy) is 5. The Labute approximate surface area is 275 Å². The van der Waals surface area contributed by atoms with Crippen LogP contribution in [0.2, 0.25) is 10.0 Å². The second kappa shape index (κ2) is 14.5. The van der Waals surface area contributed by atoms with Crippen molar-refractivity contribution in [1.29, 1.82) is 5.26 Å². The van der Waals surface area contributed by atoms with Crippen molar-refractivity contribution < 1.29 is 32.9 Å². The molecule has 1 aliphatic heterocycles. The van der Waals surface area contributed by atoms with E-state index in [1.54, 1.807) is 42.5 Å². The molecule has 0 aromatic heterocycles. The topological polar surface area (TPSA) is 113 Å². The predicted octanol–water partition coefficient (Wildman–Crippen LogP) is 8.34. The Bertz CT molecular complexity index is 1820. The fraction of sp³-hybridized carbons (Fsp3) is 0.200. The summed E-state index contributed by atoms with van der Waals surface area (Å²) >= 11 is 12.7. The van der Waals surface area contributed by atoms with Crippen LogP contribution in [0.15, 0.2) is 84.3 Å². The van der Waals surface area contributed by atoms with E-state index in [4.69, 9.17) is 52.6 Å². The molecule has 46 heavy (non-hydrogen) atoms. The molecule has 0 aliphatic carbocycles. The molecule has 4 aromatic rings. The van der Waals surface area contributed by atoms with Crippen molar-refractivity contribution in [3.05, 3.63) is 122 Å². The van der Waals surface area contributed by atoms with Crippen LogP contribution in [0.1, 0.15) is 52.7 Å². The first kappa shape index (κ1) is 32.5. The van der Waals surface area contributed by atoms with Crippen LogP contribution in [0, 0.1) is 17.1 Å². The molecule has 8 nitrogen and oxygen atoms in total. The van der Waals surface area contributed by atoms with Gasteiger partial charge in [0.05, 0.1) is 35.2 Å². The zero-order valence-corrected chi connectivity index (χ0v) is 26.5. The highest BCUT2D eigenvalue weighted by Crippen LogP contribution is 2.45. The summed E-state index contributed by atoms with van der Waals surface area (Å²) in [5.74, 6) is -0.0603. The number of nitriles is 1. The van der Waals surface area contributed by atoms with Crippen molar-refractivity contribution in [3.63, 3.8) is 0 Å². The second-order valence-corrected chi connectivity index (χ2v) is 11.1. The third-order valence-corrected chi connectivity index (χ3v) is 7.77. The average molecular weight is 664 g/mol. The zero-order valence-electron chi connectivity index (χ0n) is 24.9. The number of nitrogens with zero attached hydrogens (tertiary/aromatic N) is 1. The molecule has 236 valence electrons. The number of hydrogen-bond acceptors (Lipinski definition) is 8. The normalized spacial score (nSPS) is 13.7. The number of allylic oxidation sites excluding steroid dienone is 1. The van der Waals surface area contributed by atoms with Crippen molar-refractivity contribution in [3.8, 4) is 34.8 Å². The number of methoxy groups -OCH3 is 1. The van der Waals surface area contributed by atoms with Gasteiger partial charge in [-0.25, -0.2) is 9.18 Å². The maximum absolute atomic E-state index is 13.3. The number of nitrogens with two attached hydrogens (primary N) is 1. The van der Waals surface area contributed by atoms with Crippen LogP contribution in [0.4, 0.5) is 4.39 Å². The van der Waals surface area contributed by atoms with Crippen LogP contribution in [-0.2, 0) is 6.61 Å². The van der Waals surface area contributed by atoms with Crippen LogP contribution in [0.5, 0.6) is 28.7 Å². The van der Waals surface area contributed by atoms with E-state index < -0.39 is 11.9 Å². The third-order valence-electron chi connectivity index (χ3n) is 7.21. The summed E-state index contributed by atoms with van der Waals surface area (Å²) in [6.45, 7) is 2.68. The number of halogens is 3. The van der Waals surface area contributed by atoms with Gasteiger partial charge in [0.2, 0.25) is 5.88 Å². The SMILES string of the molecule is CCCCOc1c(Cl)cc(C(=O)Oc2ccc3c(c2)OC(N)=C(C#N)C3c2ccc(OCc3ccc(F)cc3)c(OC)c2)cc1Cl. The smallest absolute Gasteiger partial charge is 0.343 e. The third kappa shape index (κ3) is 7.15. The molecule has 0 spiro atoms. The number of rotatable bonds is 11. The molecule has 1 unspecified atom stereocenters. The monoisotopic (exact) mass is 662 g/mol. The van der Waals surface area contributed by atoms with Gasteiger partial charge in [0.15, 0.2) is 17.2 Å². The molecule has 0 saturated carbocycles. The standard InChI is InChI=1S/C35H29Cl2FN2O6/c1-3-4-13-43-33-27(36)14-22(15-28(33)37)35(41)45-24-10-11-25-30(17-24)46-34(40)26(18-39)32(25)21-7-12-29(31(16-21)42-2)44-19-20-5-8-23(38)9-6-20/h5-12,14-17,32H,3-4,13,19,40H2,1-2H3. The van der Waals surface area contributed by atoms with E-state index in [-0.39, 0.29) is 45.2 Å². The summed E-state index contributed by atoms with van der Waals surface area (Å²) in [6, 6.07) is 21.1. The Morgan fingerprint density at radius 1 is 1.00 bits per heavy atom. The first-order valence-corrected chi connectivity index (χ1v) is 15.1. The van der Waals surface area contributed by atoms with Gasteiger partial charge in [0.1, 0.15) is 35.6 Å². The van der Waals surface area contributed by atoms with Gasteiger partial charge in [-0.15, -0.1) is 0 Å². The van der Waals surface area contributed by atoms with Gasteiger partial charge in [0.25, 0.3) is 0 Å². The Morgan fingerprint density at radius 2 is 1.74 bits per heavy atom. The van der Waals surface area contributed by atoms with Crippen LogP contribution in [0.3, 0.4) is 0 Å². The van der Waals surface area contributed by atoms with Gasteiger partial charge in [-0.3, -0.25) is 0 Å². The van der Waals surface area contributed by atoms with Crippen molar-refractivity contribution in [2.24, 2.45) is 5.73 Å². The summed E-state index contributed by atoms with van der Waals surface area (Å²) in [7, 11) is 1.51. The van der Waals surface area contributed by atoms with Crippen molar-refractivity contribution >= 4 is 29.2 Å². The summed E-state index contributed by atoms with van der Waals surface area (Å²) in [5.41, 5.74) is 8.61. The van der Waals surface area contributed by atoms with Crippen LogP contribution in [-0.4, -0.2) is 19.7 Å². The molecule has 0 fully saturated rings. The Morgan fingerprint density at radius 3 is 2.41 bits per heavy atom. The predicted molar refractivity (Wildman–Crippen MR) is 171 cm³/mol. The lowest BCUT2D eigenvalue weighted by molar-refractivity contribution is 0.0734. The largest absolute Gasteiger partial charge is 0.493 e.